The first kappa shape index (κ1) is 23.0. The van der Waals surface area contributed by atoms with Crippen molar-refractivity contribution >= 4 is 45.1 Å². The van der Waals surface area contributed by atoms with Gasteiger partial charge in [-0.15, -0.1) is 21.5 Å². The van der Waals surface area contributed by atoms with E-state index in [2.05, 4.69) is 39.4 Å². The van der Waals surface area contributed by atoms with Crippen molar-refractivity contribution in [2.75, 3.05) is 19.4 Å². The van der Waals surface area contributed by atoms with E-state index in [1.54, 1.807) is 15.9 Å². The van der Waals surface area contributed by atoms with Gasteiger partial charge in [-0.3, -0.25) is 14.5 Å². The molecule has 0 saturated carbocycles. The maximum Gasteiger partial charge on any atom is 0.316 e. The van der Waals surface area contributed by atoms with Crippen LogP contribution in [-0.2, 0) is 29.0 Å². The monoisotopic (exact) mass is 517 g/mol. The van der Waals surface area contributed by atoms with Crippen LogP contribution in [0, 0.1) is 0 Å². The Hall–Kier alpha value is -3.47. The molecule has 182 valence electrons. The molecule has 0 N–H and O–H groups in total. The number of hydrogen-bond acceptors (Lipinski definition) is 8. The van der Waals surface area contributed by atoms with Gasteiger partial charge in [0.05, 0.1) is 23.9 Å². The summed E-state index contributed by atoms with van der Waals surface area (Å²) in [4.78, 5) is 30.2. The Morgan fingerprint density at radius 3 is 2.58 bits per heavy atom. The number of carbonyl (C=O) groups excluding carboxylic acids is 1. The van der Waals surface area contributed by atoms with Crippen LogP contribution in [0.25, 0.3) is 21.7 Å². The molecular weight excluding hydrogens is 494 g/mol. The predicted molar refractivity (Wildman–Crippen MR) is 141 cm³/mol. The largest absolute Gasteiger partial charge is 0.468 e. The number of para-hydroxylation sites is 1. The van der Waals surface area contributed by atoms with Gasteiger partial charge >= 0.3 is 5.97 Å². The third-order valence-corrected chi connectivity index (χ3v) is 8.47. The molecule has 0 aliphatic carbocycles. The molecule has 0 fully saturated rings. The molecule has 3 aromatic heterocycles. The maximum atomic E-state index is 14.0. The Kier molecular flexibility index (Phi) is 6.08. The van der Waals surface area contributed by atoms with E-state index in [1.807, 2.05) is 40.8 Å². The second-order valence-electron chi connectivity index (χ2n) is 8.59. The lowest BCUT2D eigenvalue weighted by atomic mass is 10.0. The molecule has 0 radical (unpaired) electrons. The SMILES string of the molecule is COC(=O)CSc1nnc2n(-c3ccccc3)c(=O)c3c4c(sc3n12)CN(Cc1ccccc1)CC4. The molecule has 2 aromatic carbocycles. The van der Waals surface area contributed by atoms with Crippen molar-refractivity contribution in [2.24, 2.45) is 0 Å². The first-order valence-corrected chi connectivity index (χ1v) is 13.4. The van der Waals surface area contributed by atoms with Gasteiger partial charge < -0.3 is 4.74 Å². The van der Waals surface area contributed by atoms with E-state index in [0.29, 0.717) is 16.3 Å². The van der Waals surface area contributed by atoms with E-state index < -0.39 is 0 Å². The Bertz CT molecular complexity index is 1630. The normalized spacial score (nSPS) is 13.8. The van der Waals surface area contributed by atoms with Crippen molar-refractivity contribution in [2.45, 2.75) is 24.7 Å². The van der Waals surface area contributed by atoms with Gasteiger partial charge in [-0.1, -0.05) is 60.3 Å². The lowest BCUT2D eigenvalue weighted by Gasteiger charge is -2.26. The molecule has 0 atom stereocenters. The first-order valence-electron chi connectivity index (χ1n) is 11.6. The van der Waals surface area contributed by atoms with Crippen molar-refractivity contribution in [1.29, 1.82) is 0 Å². The lowest BCUT2D eigenvalue weighted by Crippen LogP contribution is -2.30. The Labute approximate surface area is 215 Å². The van der Waals surface area contributed by atoms with Crippen LogP contribution in [0.3, 0.4) is 0 Å². The van der Waals surface area contributed by atoms with E-state index >= 15 is 0 Å². The average Bonchev–Trinajstić information content (AvgIpc) is 3.50. The minimum atomic E-state index is -0.341. The van der Waals surface area contributed by atoms with Gasteiger partial charge in [0.25, 0.3) is 5.56 Å². The number of nitrogens with zero attached hydrogens (tertiary/aromatic N) is 5. The minimum Gasteiger partial charge on any atom is -0.468 e. The van der Waals surface area contributed by atoms with Gasteiger partial charge in [0.15, 0.2) is 5.16 Å². The molecule has 0 bridgehead atoms. The van der Waals surface area contributed by atoms with Gasteiger partial charge in [0, 0.05) is 24.5 Å². The standard InChI is InChI=1S/C26H23N5O3S2/c1-34-21(32)16-35-26-28-27-25-30(18-10-6-3-7-11-18)23(33)22-19-12-13-29(14-17-8-4-2-5-9-17)15-20(19)36-24(22)31(25)26/h2-11H,12-16H2,1H3. The highest BCUT2D eigenvalue weighted by Gasteiger charge is 2.28. The number of carbonyl (C=O) groups is 1. The summed E-state index contributed by atoms with van der Waals surface area (Å²) in [6.07, 6.45) is 0.796. The third-order valence-electron chi connectivity index (χ3n) is 6.36. The Morgan fingerprint density at radius 1 is 1.08 bits per heavy atom. The van der Waals surface area contributed by atoms with Crippen LogP contribution in [0.4, 0.5) is 0 Å². The summed E-state index contributed by atoms with van der Waals surface area (Å²) in [6.45, 7) is 2.52. The first-order chi connectivity index (χ1) is 17.6. The number of hydrogen-bond donors (Lipinski definition) is 0. The van der Waals surface area contributed by atoms with Crippen molar-refractivity contribution in [3.8, 4) is 5.69 Å². The quantitative estimate of drug-likeness (QED) is 0.249. The summed E-state index contributed by atoms with van der Waals surface area (Å²) in [5, 5.41) is 10.0. The highest BCUT2D eigenvalue weighted by Crippen LogP contribution is 2.36. The molecule has 5 aromatic rings. The molecule has 4 heterocycles. The number of aromatic nitrogens is 4. The van der Waals surface area contributed by atoms with Crippen LogP contribution >= 0.6 is 23.1 Å². The van der Waals surface area contributed by atoms with Gasteiger partial charge in [0.2, 0.25) is 5.78 Å². The Morgan fingerprint density at radius 2 is 1.83 bits per heavy atom. The Balaban J connectivity index is 1.51. The molecule has 0 saturated heterocycles. The summed E-state index contributed by atoms with van der Waals surface area (Å²) in [5.41, 5.74) is 3.02. The van der Waals surface area contributed by atoms with Crippen LogP contribution in [0.1, 0.15) is 16.0 Å². The van der Waals surface area contributed by atoms with Crippen molar-refractivity contribution in [3.05, 3.63) is 87.0 Å². The van der Waals surface area contributed by atoms with Crippen LogP contribution < -0.4 is 5.56 Å². The van der Waals surface area contributed by atoms with Crippen molar-refractivity contribution in [3.63, 3.8) is 0 Å². The molecule has 0 unspecified atom stereocenters. The summed E-state index contributed by atoms with van der Waals surface area (Å²) >= 11 is 2.88. The summed E-state index contributed by atoms with van der Waals surface area (Å²) in [5.74, 6) is 0.205. The van der Waals surface area contributed by atoms with Crippen LogP contribution in [0.5, 0.6) is 0 Å². The molecular formula is C26H23N5O3S2. The summed E-state index contributed by atoms with van der Waals surface area (Å²) in [7, 11) is 1.37. The number of ether oxygens (including phenoxy) is 1. The van der Waals surface area contributed by atoms with Gasteiger partial charge in [-0.25, -0.2) is 8.97 Å². The molecule has 10 heteroatoms. The zero-order chi connectivity index (χ0) is 24.6. The highest BCUT2D eigenvalue weighted by molar-refractivity contribution is 7.99. The maximum absolute atomic E-state index is 14.0. The summed E-state index contributed by atoms with van der Waals surface area (Å²) < 4.78 is 8.36. The smallest absolute Gasteiger partial charge is 0.316 e. The number of rotatable bonds is 6. The van der Waals surface area contributed by atoms with E-state index in [4.69, 9.17) is 4.74 Å². The molecule has 0 amide bonds. The van der Waals surface area contributed by atoms with Crippen molar-refractivity contribution < 1.29 is 9.53 Å². The van der Waals surface area contributed by atoms with E-state index in [9.17, 15) is 9.59 Å². The van der Waals surface area contributed by atoms with Crippen LogP contribution in [0.15, 0.2) is 70.6 Å². The predicted octanol–water partition coefficient (Wildman–Crippen LogP) is 3.92. The third kappa shape index (κ3) is 4.01. The van der Waals surface area contributed by atoms with E-state index in [-0.39, 0.29) is 17.3 Å². The summed E-state index contributed by atoms with van der Waals surface area (Å²) in [6, 6.07) is 19.9. The zero-order valence-electron chi connectivity index (χ0n) is 19.6. The van der Waals surface area contributed by atoms with Gasteiger partial charge in [0.1, 0.15) is 4.83 Å². The van der Waals surface area contributed by atoms with E-state index in [0.717, 1.165) is 42.1 Å². The number of methoxy groups -OCH3 is 1. The number of benzene rings is 2. The number of esters is 1. The number of fused-ring (bicyclic) bond motifs is 5. The topological polar surface area (TPSA) is 81.7 Å². The molecule has 6 rings (SSSR count). The second kappa shape index (κ2) is 9.53. The van der Waals surface area contributed by atoms with Crippen LogP contribution in [-0.4, -0.2) is 49.4 Å². The highest BCUT2D eigenvalue weighted by atomic mass is 32.2. The second-order valence-corrected chi connectivity index (χ2v) is 10.6. The molecule has 36 heavy (non-hydrogen) atoms. The minimum absolute atomic E-state index is 0.0883. The lowest BCUT2D eigenvalue weighted by molar-refractivity contribution is -0.137. The van der Waals surface area contributed by atoms with Crippen LogP contribution in [0.2, 0.25) is 0 Å². The zero-order valence-corrected chi connectivity index (χ0v) is 21.2. The van der Waals surface area contributed by atoms with Gasteiger partial charge in [-0.2, -0.15) is 0 Å². The van der Waals surface area contributed by atoms with Gasteiger partial charge in [-0.05, 0) is 29.7 Å². The fourth-order valence-corrected chi connectivity index (χ4v) is 6.87. The molecule has 1 aliphatic rings. The fourth-order valence-electron chi connectivity index (χ4n) is 4.67. The number of thioether (sulfide) groups is 1. The molecule has 1 aliphatic heterocycles. The fraction of sp³-hybridized carbons (Fsp3) is 0.231. The van der Waals surface area contributed by atoms with Crippen molar-refractivity contribution in [1.82, 2.24) is 24.1 Å². The average molecular weight is 518 g/mol. The molecule has 0 spiro atoms. The molecule has 8 nitrogen and oxygen atoms in total. The van der Waals surface area contributed by atoms with E-state index in [1.165, 1.54) is 29.3 Å². The number of thiophene rings is 1.